The van der Waals surface area contributed by atoms with Gasteiger partial charge in [0, 0.05) is 25.4 Å². The lowest BCUT2D eigenvalue weighted by Gasteiger charge is -2.22. The number of hydrogen-bond donors (Lipinski definition) is 1. The van der Waals surface area contributed by atoms with Gasteiger partial charge in [-0.05, 0) is 25.3 Å². The number of carbonyl (C=O) groups excluding carboxylic acids is 1. The number of carbonyl (C=O) groups is 1. The maximum absolute atomic E-state index is 12.5. The van der Waals surface area contributed by atoms with Crippen LogP contribution < -0.4 is 5.32 Å². The molecule has 1 unspecified atom stereocenters. The van der Waals surface area contributed by atoms with E-state index in [1.807, 2.05) is 29.9 Å². The first-order valence-corrected chi connectivity index (χ1v) is 7.91. The average Bonchev–Trinajstić information content (AvgIpc) is 2.92. The van der Waals surface area contributed by atoms with Crippen LogP contribution in [-0.2, 0) is 11.8 Å². The zero-order valence-electron chi connectivity index (χ0n) is 13.8. The molecule has 2 aromatic rings. The van der Waals surface area contributed by atoms with Crippen molar-refractivity contribution in [3.05, 3.63) is 53.6 Å². The van der Waals surface area contributed by atoms with Gasteiger partial charge in [-0.25, -0.2) is 4.98 Å². The molecule has 1 amide bonds. The Morgan fingerprint density at radius 2 is 2.05 bits per heavy atom. The monoisotopic (exact) mass is 299 g/mol. The van der Waals surface area contributed by atoms with E-state index in [1.165, 1.54) is 5.56 Å². The van der Waals surface area contributed by atoms with E-state index in [0.29, 0.717) is 0 Å². The van der Waals surface area contributed by atoms with E-state index in [2.05, 4.69) is 43.2 Å². The van der Waals surface area contributed by atoms with Crippen molar-refractivity contribution in [3.8, 4) is 0 Å². The van der Waals surface area contributed by atoms with Crippen LogP contribution in [0.25, 0.3) is 0 Å². The standard InChI is InChI=1S/C18H25N3O/c1-5-14(6-2)18(22)20-16(17-19-10-11-21(17)4)15-9-7-8-13(3)12-15/h7-12,14,16H,5-6H2,1-4H3,(H,20,22). The molecule has 0 aliphatic heterocycles. The van der Waals surface area contributed by atoms with Gasteiger partial charge in [0.1, 0.15) is 11.9 Å². The Morgan fingerprint density at radius 1 is 1.32 bits per heavy atom. The van der Waals surface area contributed by atoms with Gasteiger partial charge in [0.25, 0.3) is 0 Å². The molecule has 4 nitrogen and oxygen atoms in total. The summed E-state index contributed by atoms with van der Waals surface area (Å²) in [6.45, 7) is 6.16. The molecule has 1 atom stereocenters. The third-order valence-corrected chi connectivity index (χ3v) is 4.14. The van der Waals surface area contributed by atoms with Gasteiger partial charge in [-0.15, -0.1) is 0 Å². The highest BCUT2D eigenvalue weighted by molar-refractivity contribution is 5.79. The van der Waals surface area contributed by atoms with Crippen LogP contribution in [0.2, 0.25) is 0 Å². The minimum absolute atomic E-state index is 0.0487. The molecule has 0 aliphatic rings. The smallest absolute Gasteiger partial charge is 0.223 e. The molecule has 22 heavy (non-hydrogen) atoms. The SMILES string of the molecule is CCC(CC)C(=O)NC(c1cccc(C)c1)c1nccn1C. The lowest BCUT2D eigenvalue weighted by Crippen LogP contribution is -2.35. The third-order valence-electron chi connectivity index (χ3n) is 4.14. The second kappa shape index (κ2) is 7.25. The van der Waals surface area contributed by atoms with E-state index >= 15 is 0 Å². The predicted molar refractivity (Wildman–Crippen MR) is 88.4 cm³/mol. The second-order valence-corrected chi connectivity index (χ2v) is 5.77. The molecular weight excluding hydrogens is 274 g/mol. The first kappa shape index (κ1) is 16.3. The third kappa shape index (κ3) is 3.56. The molecule has 1 aromatic carbocycles. The van der Waals surface area contributed by atoms with Gasteiger partial charge in [-0.3, -0.25) is 4.79 Å². The molecule has 0 bridgehead atoms. The van der Waals surface area contributed by atoms with Crippen LogP contribution in [-0.4, -0.2) is 15.5 Å². The topological polar surface area (TPSA) is 46.9 Å². The summed E-state index contributed by atoms with van der Waals surface area (Å²) in [5.41, 5.74) is 2.24. The number of rotatable bonds is 6. The summed E-state index contributed by atoms with van der Waals surface area (Å²) in [4.78, 5) is 17.0. The molecule has 1 N–H and O–H groups in total. The van der Waals surface area contributed by atoms with Crippen molar-refractivity contribution in [1.82, 2.24) is 14.9 Å². The molecular formula is C18H25N3O. The van der Waals surface area contributed by atoms with Crippen LogP contribution in [0.15, 0.2) is 36.7 Å². The Kier molecular flexibility index (Phi) is 5.36. The van der Waals surface area contributed by atoms with Crippen molar-refractivity contribution in [2.24, 2.45) is 13.0 Å². The Morgan fingerprint density at radius 3 is 2.59 bits per heavy atom. The van der Waals surface area contributed by atoms with Crippen molar-refractivity contribution < 1.29 is 4.79 Å². The van der Waals surface area contributed by atoms with E-state index in [0.717, 1.165) is 24.2 Å². The summed E-state index contributed by atoms with van der Waals surface area (Å²) in [6.07, 6.45) is 5.37. The number of aromatic nitrogens is 2. The number of aryl methyl sites for hydroxylation is 2. The van der Waals surface area contributed by atoms with Gasteiger partial charge in [-0.1, -0.05) is 43.7 Å². The fourth-order valence-electron chi connectivity index (χ4n) is 2.72. The Labute approximate surface area is 132 Å². The zero-order valence-corrected chi connectivity index (χ0v) is 13.8. The number of imidazole rings is 1. The number of amides is 1. The predicted octanol–water partition coefficient (Wildman–Crippen LogP) is 3.37. The molecule has 0 saturated heterocycles. The van der Waals surface area contributed by atoms with Gasteiger partial charge in [-0.2, -0.15) is 0 Å². The van der Waals surface area contributed by atoms with Crippen molar-refractivity contribution in [2.75, 3.05) is 0 Å². The van der Waals surface area contributed by atoms with E-state index in [4.69, 9.17) is 0 Å². The normalized spacial score (nSPS) is 12.4. The van der Waals surface area contributed by atoms with Crippen LogP contribution in [0.1, 0.15) is 49.7 Å². The van der Waals surface area contributed by atoms with Crippen LogP contribution in [0, 0.1) is 12.8 Å². The number of nitrogens with zero attached hydrogens (tertiary/aromatic N) is 2. The maximum atomic E-state index is 12.5. The maximum Gasteiger partial charge on any atom is 0.223 e. The Bertz CT molecular complexity index is 629. The highest BCUT2D eigenvalue weighted by Gasteiger charge is 2.23. The fourth-order valence-corrected chi connectivity index (χ4v) is 2.72. The molecule has 0 radical (unpaired) electrons. The highest BCUT2D eigenvalue weighted by atomic mass is 16.1. The van der Waals surface area contributed by atoms with Gasteiger partial charge in [0.05, 0.1) is 0 Å². The molecule has 4 heteroatoms. The van der Waals surface area contributed by atoms with Gasteiger partial charge in [0.2, 0.25) is 5.91 Å². The summed E-state index contributed by atoms with van der Waals surface area (Å²) >= 11 is 0. The number of hydrogen-bond acceptors (Lipinski definition) is 2. The summed E-state index contributed by atoms with van der Waals surface area (Å²) in [6, 6.07) is 8.01. The fraction of sp³-hybridized carbons (Fsp3) is 0.444. The van der Waals surface area contributed by atoms with Crippen LogP contribution in [0.5, 0.6) is 0 Å². The number of nitrogens with one attached hydrogen (secondary N) is 1. The van der Waals surface area contributed by atoms with Crippen molar-refractivity contribution in [2.45, 2.75) is 39.7 Å². The Hall–Kier alpha value is -2.10. The van der Waals surface area contributed by atoms with Crippen molar-refractivity contribution >= 4 is 5.91 Å². The molecule has 2 rings (SSSR count). The van der Waals surface area contributed by atoms with E-state index in [1.54, 1.807) is 6.20 Å². The van der Waals surface area contributed by atoms with Gasteiger partial charge >= 0.3 is 0 Å². The summed E-state index contributed by atoms with van der Waals surface area (Å²) in [5.74, 6) is 0.997. The summed E-state index contributed by atoms with van der Waals surface area (Å²) in [7, 11) is 1.95. The molecule has 1 aromatic heterocycles. The van der Waals surface area contributed by atoms with Crippen LogP contribution in [0.4, 0.5) is 0 Å². The minimum atomic E-state index is -0.215. The Balaban J connectivity index is 2.35. The summed E-state index contributed by atoms with van der Waals surface area (Å²) < 4.78 is 1.96. The summed E-state index contributed by atoms with van der Waals surface area (Å²) in [5, 5.41) is 3.18. The van der Waals surface area contributed by atoms with Gasteiger partial charge < -0.3 is 9.88 Å². The lowest BCUT2D eigenvalue weighted by atomic mass is 9.99. The first-order chi connectivity index (χ1) is 10.6. The van der Waals surface area contributed by atoms with Crippen molar-refractivity contribution in [1.29, 1.82) is 0 Å². The molecule has 1 heterocycles. The molecule has 118 valence electrons. The number of benzene rings is 1. The van der Waals surface area contributed by atoms with Crippen LogP contribution >= 0.6 is 0 Å². The largest absolute Gasteiger partial charge is 0.342 e. The quantitative estimate of drug-likeness (QED) is 0.889. The lowest BCUT2D eigenvalue weighted by molar-refractivity contribution is -0.125. The first-order valence-electron chi connectivity index (χ1n) is 7.91. The van der Waals surface area contributed by atoms with Gasteiger partial charge in [0.15, 0.2) is 0 Å². The zero-order chi connectivity index (χ0) is 16.1. The molecule has 0 saturated carbocycles. The average molecular weight is 299 g/mol. The van der Waals surface area contributed by atoms with E-state index < -0.39 is 0 Å². The highest BCUT2D eigenvalue weighted by Crippen LogP contribution is 2.22. The molecule has 0 spiro atoms. The minimum Gasteiger partial charge on any atom is -0.342 e. The van der Waals surface area contributed by atoms with Crippen LogP contribution in [0.3, 0.4) is 0 Å². The molecule has 0 fully saturated rings. The van der Waals surface area contributed by atoms with E-state index in [-0.39, 0.29) is 17.9 Å². The molecule has 0 aliphatic carbocycles. The van der Waals surface area contributed by atoms with E-state index in [9.17, 15) is 4.79 Å². The van der Waals surface area contributed by atoms with Crippen molar-refractivity contribution in [3.63, 3.8) is 0 Å². The second-order valence-electron chi connectivity index (χ2n) is 5.77.